The molecule has 34 heavy (non-hydrogen) atoms. The number of thiocarbonyl (C=S) groups is 1. The Morgan fingerprint density at radius 1 is 0.706 bits per heavy atom. The van der Waals surface area contributed by atoms with E-state index in [2.05, 4.69) is 10.2 Å². The third-order valence-electron chi connectivity index (χ3n) is 5.24. The normalized spacial score (nSPS) is 10.3. The summed E-state index contributed by atoms with van der Waals surface area (Å²) in [7, 11) is 8.08. The molecule has 0 amide bonds. The van der Waals surface area contributed by atoms with Crippen molar-refractivity contribution >= 4 is 23.0 Å². The molecule has 0 bridgehead atoms. The Kier molecular flexibility index (Phi) is 8.81. The van der Waals surface area contributed by atoms with Gasteiger partial charge in [-0.25, -0.2) is 0 Å². The summed E-state index contributed by atoms with van der Waals surface area (Å²) >= 11 is 5.82. The summed E-state index contributed by atoms with van der Waals surface area (Å²) in [5.41, 5.74) is 2.88. The van der Waals surface area contributed by atoms with Gasteiger partial charge in [-0.3, -0.25) is 0 Å². The van der Waals surface area contributed by atoms with Crippen LogP contribution in [0, 0.1) is 0 Å². The van der Waals surface area contributed by atoms with Crippen molar-refractivity contribution in [1.82, 2.24) is 4.90 Å². The van der Waals surface area contributed by atoms with Crippen LogP contribution in [0.3, 0.4) is 0 Å². The summed E-state index contributed by atoms with van der Waals surface area (Å²) in [6.45, 7) is 1.09. The van der Waals surface area contributed by atoms with Gasteiger partial charge < -0.3 is 33.9 Å². The molecule has 0 saturated carbocycles. The van der Waals surface area contributed by atoms with Crippen molar-refractivity contribution in [3.63, 3.8) is 0 Å². The van der Waals surface area contributed by atoms with Gasteiger partial charge in [0.1, 0.15) is 11.5 Å². The molecular weight excluding hydrogens is 452 g/mol. The van der Waals surface area contributed by atoms with Crippen molar-refractivity contribution in [2.24, 2.45) is 0 Å². The highest BCUT2D eigenvalue weighted by molar-refractivity contribution is 7.80. The van der Waals surface area contributed by atoms with Crippen LogP contribution in [-0.2, 0) is 13.1 Å². The maximum absolute atomic E-state index is 5.82. The molecule has 0 aliphatic carbocycles. The maximum atomic E-state index is 5.82. The Hall–Kier alpha value is -3.65. The minimum Gasteiger partial charge on any atom is -0.497 e. The summed E-state index contributed by atoms with van der Waals surface area (Å²) < 4.78 is 27.1. The molecule has 8 heteroatoms. The van der Waals surface area contributed by atoms with Crippen LogP contribution in [0.15, 0.2) is 60.7 Å². The number of benzene rings is 3. The van der Waals surface area contributed by atoms with E-state index in [9.17, 15) is 0 Å². The van der Waals surface area contributed by atoms with Gasteiger partial charge in [0.05, 0.1) is 35.5 Å². The molecule has 0 atom stereocenters. The van der Waals surface area contributed by atoms with E-state index < -0.39 is 0 Å². The molecule has 1 N–H and O–H groups in total. The van der Waals surface area contributed by atoms with E-state index in [1.807, 2.05) is 60.7 Å². The van der Waals surface area contributed by atoms with Crippen LogP contribution < -0.4 is 29.0 Å². The van der Waals surface area contributed by atoms with E-state index in [0.717, 1.165) is 28.3 Å². The lowest BCUT2D eigenvalue weighted by atomic mass is 10.1. The molecule has 0 heterocycles. The van der Waals surface area contributed by atoms with Crippen molar-refractivity contribution in [2.75, 3.05) is 40.9 Å². The highest BCUT2D eigenvalue weighted by Crippen LogP contribution is 2.38. The zero-order chi connectivity index (χ0) is 24.5. The van der Waals surface area contributed by atoms with E-state index >= 15 is 0 Å². The predicted octanol–water partition coefficient (Wildman–Crippen LogP) is 5.13. The lowest BCUT2D eigenvalue weighted by Gasteiger charge is -2.27. The number of nitrogens with one attached hydrogen (secondary N) is 1. The van der Waals surface area contributed by atoms with E-state index in [-0.39, 0.29) is 0 Å². The Balaban J connectivity index is 1.91. The summed E-state index contributed by atoms with van der Waals surface area (Å²) in [5.74, 6) is 3.28. The number of ether oxygens (including phenoxy) is 5. The number of hydrogen-bond acceptors (Lipinski definition) is 6. The van der Waals surface area contributed by atoms with Crippen molar-refractivity contribution in [3.8, 4) is 28.7 Å². The molecule has 0 aromatic heterocycles. The SMILES string of the molecule is COc1ccc(CN(Cc2cc(OC)c(OC)c(OC)c2)C(=S)Nc2cccc(OC)c2)cc1. The smallest absolute Gasteiger partial charge is 0.203 e. The topological polar surface area (TPSA) is 61.4 Å². The molecule has 3 aromatic carbocycles. The average molecular weight is 483 g/mol. The first kappa shape index (κ1) is 25.0. The molecule has 0 saturated heterocycles. The van der Waals surface area contributed by atoms with Gasteiger partial charge in [0.15, 0.2) is 16.6 Å². The highest BCUT2D eigenvalue weighted by atomic mass is 32.1. The monoisotopic (exact) mass is 482 g/mol. The zero-order valence-corrected chi connectivity index (χ0v) is 20.9. The Bertz CT molecular complexity index is 1080. The van der Waals surface area contributed by atoms with Crippen molar-refractivity contribution < 1.29 is 23.7 Å². The maximum Gasteiger partial charge on any atom is 0.203 e. The van der Waals surface area contributed by atoms with E-state index in [4.69, 9.17) is 35.9 Å². The van der Waals surface area contributed by atoms with Crippen LogP contribution in [0.25, 0.3) is 0 Å². The number of hydrogen-bond donors (Lipinski definition) is 1. The van der Waals surface area contributed by atoms with Gasteiger partial charge in [-0.15, -0.1) is 0 Å². The Morgan fingerprint density at radius 2 is 1.32 bits per heavy atom. The van der Waals surface area contributed by atoms with Gasteiger partial charge in [-0.2, -0.15) is 0 Å². The summed E-state index contributed by atoms with van der Waals surface area (Å²) in [6.07, 6.45) is 0. The zero-order valence-electron chi connectivity index (χ0n) is 20.1. The molecule has 3 aromatic rings. The minimum absolute atomic E-state index is 0.512. The summed E-state index contributed by atoms with van der Waals surface area (Å²) in [6, 6.07) is 19.4. The van der Waals surface area contributed by atoms with Crippen LogP contribution in [0.4, 0.5) is 5.69 Å². The second-order valence-corrected chi connectivity index (χ2v) is 7.79. The first-order valence-electron chi connectivity index (χ1n) is 10.6. The fourth-order valence-electron chi connectivity index (χ4n) is 3.50. The molecule has 0 aliphatic heterocycles. The molecule has 0 unspecified atom stereocenters. The molecule has 180 valence electrons. The van der Waals surface area contributed by atoms with Gasteiger partial charge in [0, 0.05) is 24.8 Å². The fourth-order valence-corrected chi connectivity index (χ4v) is 3.75. The largest absolute Gasteiger partial charge is 0.497 e. The van der Waals surface area contributed by atoms with Crippen molar-refractivity contribution in [3.05, 3.63) is 71.8 Å². The first-order chi connectivity index (χ1) is 16.5. The average Bonchev–Trinajstić information content (AvgIpc) is 2.88. The quantitative estimate of drug-likeness (QED) is 0.399. The molecule has 0 radical (unpaired) electrons. The van der Waals surface area contributed by atoms with Crippen molar-refractivity contribution in [2.45, 2.75) is 13.1 Å². The van der Waals surface area contributed by atoms with Gasteiger partial charge in [0.2, 0.25) is 5.75 Å². The van der Waals surface area contributed by atoms with E-state index in [0.29, 0.717) is 35.5 Å². The molecule has 0 aliphatic rings. The Labute approximate surface area is 206 Å². The van der Waals surface area contributed by atoms with Crippen LogP contribution in [-0.4, -0.2) is 45.6 Å². The standard InChI is InChI=1S/C26H30N2O5S/c1-29-21-11-9-18(10-12-21)16-28(26(34)27-20-7-6-8-22(15-20)30-2)17-19-13-23(31-3)25(33-5)24(14-19)32-4/h6-15H,16-17H2,1-5H3,(H,27,34). The van der Waals surface area contributed by atoms with Crippen molar-refractivity contribution in [1.29, 1.82) is 0 Å². The van der Waals surface area contributed by atoms with Crippen LogP contribution in [0.2, 0.25) is 0 Å². The molecule has 0 spiro atoms. The van der Waals surface area contributed by atoms with Gasteiger partial charge in [-0.05, 0) is 59.7 Å². The first-order valence-corrected chi connectivity index (χ1v) is 11.0. The van der Waals surface area contributed by atoms with E-state index in [1.165, 1.54) is 0 Å². The number of nitrogens with zero attached hydrogens (tertiary/aromatic N) is 1. The molecule has 7 nitrogen and oxygen atoms in total. The highest BCUT2D eigenvalue weighted by Gasteiger charge is 2.17. The van der Waals surface area contributed by atoms with Gasteiger partial charge in [0.25, 0.3) is 0 Å². The lowest BCUT2D eigenvalue weighted by Crippen LogP contribution is -2.33. The lowest BCUT2D eigenvalue weighted by molar-refractivity contribution is 0.322. The summed E-state index contributed by atoms with van der Waals surface area (Å²) in [5, 5.41) is 3.89. The van der Waals surface area contributed by atoms with E-state index in [1.54, 1.807) is 35.5 Å². The van der Waals surface area contributed by atoms with Crippen LogP contribution in [0.5, 0.6) is 28.7 Å². The predicted molar refractivity (Wildman–Crippen MR) is 138 cm³/mol. The number of anilines is 1. The summed E-state index contributed by atoms with van der Waals surface area (Å²) in [4.78, 5) is 2.07. The fraction of sp³-hybridized carbons (Fsp3) is 0.269. The molecular formula is C26H30N2O5S. The second kappa shape index (κ2) is 12.0. The third kappa shape index (κ3) is 6.23. The Morgan fingerprint density at radius 3 is 1.88 bits per heavy atom. The molecule has 3 rings (SSSR count). The van der Waals surface area contributed by atoms with Crippen LogP contribution in [0.1, 0.15) is 11.1 Å². The number of rotatable bonds is 10. The second-order valence-electron chi connectivity index (χ2n) is 7.40. The van der Waals surface area contributed by atoms with Crippen LogP contribution >= 0.6 is 12.2 Å². The van der Waals surface area contributed by atoms with Gasteiger partial charge in [-0.1, -0.05) is 18.2 Å². The minimum atomic E-state index is 0.512. The molecule has 0 fully saturated rings. The van der Waals surface area contributed by atoms with Gasteiger partial charge >= 0.3 is 0 Å². The third-order valence-corrected chi connectivity index (χ3v) is 5.60. The number of methoxy groups -OCH3 is 5.